The third kappa shape index (κ3) is 4.38. The van der Waals surface area contributed by atoms with Gasteiger partial charge in [-0.05, 0) is 79.7 Å². The minimum Gasteiger partial charge on any atom is -0.354 e. The molecule has 1 atom stereocenters. The molecule has 8 heteroatoms. The fraction of sp³-hybridized carbons (Fsp3) is 0.682. The maximum Gasteiger partial charge on any atom is 0.244 e. The van der Waals surface area contributed by atoms with Crippen LogP contribution < -0.4 is 10.0 Å². The summed E-state index contributed by atoms with van der Waals surface area (Å²) in [5.74, 6) is 1.89. The van der Waals surface area contributed by atoms with E-state index in [0.717, 1.165) is 17.8 Å². The largest absolute Gasteiger partial charge is 0.354 e. The number of sulfonamides is 1. The summed E-state index contributed by atoms with van der Waals surface area (Å²) >= 11 is 12.2. The first-order valence-electron chi connectivity index (χ1n) is 10.8. The first-order chi connectivity index (χ1) is 14.1. The van der Waals surface area contributed by atoms with Gasteiger partial charge in [-0.1, -0.05) is 43.1 Å². The Morgan fingerprint density at radius 2 is 1.57 bits per heavy atom. The van der Waals surface area contributed by atoms with Gasteiger partial charge in [0.15, 0.2) is 0 Å². The number of carbonyl (C=O) groups excluding carboxylic acids is 1. The third-order valence-corrected chi connectivity index (χ3v) is 9.62. The molecule has 0 unspecified atom stereocenters. The molecule has 0 aromatic heterocycles. The average Bonchev–Trinajstić information content (AvgIpc) is 2.62. The van der Waals surface area contributed by atoms with E-state index in [9.17, 15) is 13.2 Å². The van der Waals surface area contributed by atoms with Crippen LogP contribution in [0.3, 0.4) is 0 Å². The molecule has 1 amide bonds. The van der Waals surface area contributed by atoms with E-state index in [-0.39, 0.29) is 32.2 Å². The van der Waals surface area contributed by atoms with Crippen molar-refractivity contribution in [2.45, 2.75) is 63.3 Å². The minimum atomic E-state index is -4.05. The molecule has 0 heterocycles. The quantitative estimate of drug-likeness (QED) is 0.607. The lowest BCUT2D eigenvalue weighted by Crippen LogP contribution is -2.55. The molecule has 5 rings (SSSR count). The molecule has 2 N–H and O–H groups in total. The summed E-state index contributed by atoms with van der Waals surface area (Å²) in [5.41, 5.74) is 0.191. The van der Waals surface area contributed by atoms with Gasteiger partial charge in [-0.2, -0.15) is 4.72 Å². The van der Waals surface area contributed by atoms with Gasteiger partial charge in [0.2, 0.25) is 15.9 Å². The molecular formula is C22H30Cl2N2O3S. The fourth-order valence-electron chi connectivity index (χ4n) is 6.35. The van der Waals surface area contributed by atoms with Crippen molar-refractivity contribution in [3.63, 3.8) is 0 Å². The molecule has 4 fully saturated rings. The van der Waals surface area contributed by atoms with E-state index in [0.29, 0.717) is 6.54 Å². The molecule has 166 valence electrons. The summed E-state index contributed by atoms with van der Waals surface area (Å²) < 4.78 is 28.5. The van der Waals surface area contributed by atoms with Crippen LogP contribution in [0.1, 0.15) is 52.4 Å². The monoisotopic (exact) mass is 472 g/mol. The summed E-state index contributed by atoms with van der Waals surface area (Å²) in [7, 11) is -4.05. The highest BCUT2D eigenvalue weighted by molar-refractivity contribution is 7.89. The number of hydrogen-bond donors (Lipinski definition) is 2. The van der Waals surface area contributed by atoms with Crippen molar-refractivity contribution in [1.82, 2.24) is 10.0 Å². The predicted molar refractivity (Wildman–Crippen MR) is 119 cm³/mol. The van der Waals surface area contributed by atoms with E-state index in [1.807, 2.05) is 13.8 Å². The molecule has 0 saturated heterocycles. The Morgan fingerprint density at radius 3 is 2.03 bits per heavy atom. The van der Waals surface area contributed by atoms with E-state index >= 15 is 0 Å². The Labute approximate surface area is 189 Å². The molecular weight excluding hydrogens is 443 g/mol. The van der Waals surface area contributed by atoms with Gasteiger partial charge in [-0.3, -0.25) is 4.79 Å². The highest BCUT2D eigenvalue weighted by Crippen LogP contribution is 2.59. The lowest BCUT2D eigenvalue weighted by Gasteiger charge is -2.57. The SMILES string of the molecule is CC(C)[C@@H](NS(=O)(=O)c1c(Cl)cccc1Cl)C(=O)NCC12CC3CC(CC(C3)C1)C2. The van der Waals surface area contributed by atoms with Gasteiger partial charge in [-0.15, -0.1) is 0 Å². The summed E-state index contributed by atoms with van der Waals surface area (Å²) in [5, 5.41) is 3.16. The highest BCUT2D eigenvalue weighted by Gasteiger charge is 2.51. The Kier molecular flexibility index (Phi) is 6.17. The second-order valence-corrected chi connectivity index (χ2v) is 12.5. The molecule has 4 saturated carbocycles. The van der Waals surface area contributed by atoms with Gasteiger partial charge in [0.25, 0.3) is 0 Å². The number of hydrogen-bond acceptors (Lipinski definition) is 3. The number of rotatable bonds is 7. The van der Waals surface area contributed by atoms with Crippen LogP contribution >= 0.6 is 23.2 Å². The number of benzene rings is 1. The smallest absolute Gasteiger partial charge is 0.244 e. The molecule has 0 radical (unpaired) electrons. The van der Waals surface area contributed by atoms with Crippen molar-refractivity contribution in [2.75, 3.05) is 6.54 Å². The molecule has 0 aliphatic heterocycles. The van der Waals surface area contributed by atoms with E-state index in [1.165, 1.54) is 50.7 Å². The summed E-state index contributed by atoms with van der Waals surface area (Å²) in [6, 6.07) is 3.64. The van der Waals surface area contributed by atoms with E-state index in [4.69, 9.17) is 23.2 Å². The Hall–Kier alpha value is -0.820. The van der Waals surface area contributed by atoms with Crippen molar-refractivity contribution < 1.29 is 13.2 Å². The zero-order chi connectivity index (χ0) is 21.7. The van der Waals surface area contributed by atoms with Crippen molar-refractivity contribution in [3.8, 4) is 0 Å². The van der Waals surface area contributed by atoms with Crippen molar-refractivity contribution in [3.05, 3.63) is 28.2 Å². The van der Waals surface area contributed by atoms with Crippen LogP contribution in [0.15, 0.2) is 23.1 Å². The number of amides is 1. The maximum atomic E-state index is 13.1. The van der Waals surface area contributed by atoms with Gasteiger partial charge in [0.05, 0.1) is 10.0 Å². The Morgan fingerprint density at radius 1 is 1.07 bits per heavy atom. The Bertz CT molecular complexity index is 877. The molecule has 4 aliphatic rings. The summed E-state index contributed by atoms with van der Waals surface area (Å²) in [6.45, 7) is 4.28. The lowest BCUT2D eigenvalue weighted by atomic mass is 9.49. The lowest BCUT2D eigenvalue weighted by molar-refractivity contribution is -0.125. The van der Waals surface area contributed by atoms with Crippen molar-refractivity contribution >= 4 is 39.1 Å². The van der Waals surface area contributed by atoms with E-state index in [1.54, 1.807) is 6.07 Å². The fourth-order valence-corrected chi connectivity index (χ4v) is 8.84. The molecule has 4 aliphatic carbocycles. The number of nitrogens with one attached hydrogen (secondary N) is 2. The molecule has 30 heavy (non-hydrogen) atoms. The van der Waals surface area contributed by atoms with Crippen LogP contribution in [0.2, 0.25) is 10.0 Å². The van der Waals surface area contributed by atoms with Crippen LogP contribution in [0, 0.1) is 29.1 Å². The van der Waals surface area contributed by atoms with Crippen molar-refractivity contribution in [1.29, 1.82) is 0 Å². The van der Waals surface area contributed by atoms with E-state index in [2.05, 4.69) is 10.0 Å². The number of carbonyl (C=O) groups is 1. The van der Waals surface area contributed by atoms with Crippen LogP contribution in [0.25, 0.3) is 0 Å². The van der Waals surface area contributed by atoms with Gasteiger partial charge in [0.1, 0.15) is 10.9 Å². The van der Waals surface area contributed by atoms with Crippen LogP contribution in [-0.2, 0) is 14.8 Å². The van der Waals surface area contributed by atoms with Crippen LogP contribution in [0.4, 0.5) is 0 Å². The predicted octanol–water partition coefficient (Wildman–Crippen LogP) is 4.63. The zero-order valence-electron chi connectivity index (χ0n) is 17.5. The van der Waals surface area contributed by atoms with Gasteiger partial charge in [-0.25, -0.2) is 8.42 Å². The standard InChI is InChI=1S/C22H30Cl2N2O3S/c1-13(2)19(26-30(28,29)20-17(23)4-3-5-18(20)24)21(27)25-12-22-9-14-6-15(10-22)8-16(7-14)11-22/h3-5,13-16,19,26H,6-12H2,1-2H3,(H,25,27)/t14?,15?,16?,19-,22?/m1/s1. The second kappa shape index (κ2) is 8.27. The third-order valence-electron chi connectivity index (χ3n) is 7.22. The number of halogens is 2. The van der Waals surface area contributed by atoms with Gasteiger partial charge in [0, 0.05) is 6.54 Å². The maximum absolute atomic E-state index is 13.1. The molecule has 5 nitrogen and oxygen atoms in total. The van der Waals surface area contributed by atoms with Crippen LogP contribution in [0.5, 0.6) is 0 Å². The highest BCUT2D eigenvalue weighted by atomic mass is 35.5. The second-order valence-electron chi connectivity index (χ2n) is 10.0. The summed E-state index contributed by atoms with van der Waals surface area (Å²) in [6.07, 6.45) is 7.60. The zero-order valence-corrected chi connectivity index (χ0v) is 19.8. The van der Waals surface area contributed by atoms with Gasteiger partial charge < -0.3 is 5.32 Å². The first kappa shape index (κ1) is 22.4. The molecule has 1 aromatic carbocycles. The Balaban J connectivity index is 1.46. The normalized spacial score (nSPS) is 31.2. The van der Waals surface area contributed by atoms with Gasteiger partial charge >= 0.3 is 0 Å². The topological polar surface area (TPSA) is 75.3 Å². The molecule has 0 spiro atoms. The van der Waals surface area contributed by atoms with Crippen molar-refractivity contribution in [2.24, 2.45) is 29.1 Å². The average molecular weight is 473 g/mol. The summed E-state index contributed by atoms with van der Waals surface area (Å²) in [4.78, 5) is 12.9. The van der Waals surface area contributed by atoms with Crippen LogP contribution in [-0.4, -0.2) is 26.9 Å². The molecule has 1 aromatic rings. The first-order valence-corrected chi connectivity index (χ1v) is 13.1. The van der Waals surface area contributed by atoms with E-state index < -0.39 is 16.1 Å². The minimum absolute atomic E-state index is 0.0338. The molecule has 4 bridgehead atoms.